The molecule has 1 aromatic carbocycles. The minimum atomic E-state index is -1.03. The van der Waals surface area contributed by atoms with Gasteiger partial charge in [-0.15, -0.1) is 0 Å². The van der Waals surface area contributed by atoms with Crippen molar-refractivity contribution < 1.29 is 9.59 Å². The molecule has 0 fully saturated rings. The van der Waals surface area contributed by atoms with Crippen molar-refractivity contribution in [3.05, 3.63) is 42.1 Å². The van der Waals surface area contributed by atoms with Crippen molar-refractivity contribution in [2.45, 2.75) is 19.4 Å². The van der Waals surface area contributed by atoms with Gasteiger partial charge in [0.25, 0.3) is 0 Å². The first-order valence-corrected chi connectivity index (χ1v) is 9.48. The fourth-order valence-corrected chi connectivity index (χ4v) is 3.34. The predicted octanol–water partition coefficient (Wildman–Crippen LogP) is 2.78. The summed E-state index contributed by atoms with van der Waals surface area (Å²) in [6.07, 6.45) is 1.81. The zero-order valence-corrected chi connectivity index (χ0v) is 17.1. The molecular formula is C21H27N6O+. The van der Waals surface area contributed by atoms with Crippen LogP contribution in [0.4, 0.5) is 5.95 Å². The van der Waals surface area contributed by atoms with E-state index in [2.05, 4.69) is 31.4 Å². The standard InChI is InChI=1S/C21H27N6O/c1-21(2,28)15-12-14-13-23-20(22-10-11-27(3,4)5)25-18(14)26-17-9-7-6-8-16(17)24-19(15)26/h6-9,12-13,28H,10-11H2,1-5H3,(H,22,23,25)/q+1. The van der Waals surface area contributed by atoms with Gasteiger partial charge in [0.15, 0.2) is 5.65 Å². The van der Waals surface area contributed by atoms with Gasteiger partial charge in [-0.3, -0.25) is 4.40 Å². The highest BCUT2D eigenvalue weighted by Crippen LogP contribution is 2.31. The van der Waals surface area contributed by atoms with Crippen LogP contribution in [0, 0.1) is 0 Å². The molecule has 0 aliphatic heterocycles. The zero-order chi connectivity index (χ0) is 20.1. The third-order valence-electron chi connectivity index (χ3n) is 4.83. The highest BCUT2D eigenvalue weighted by atomic mass is 16.3. The van der Waals surface area contributed by atoms with Crippen LogP contribution in [-0.4, -0.2) is 63.2 Å². The first-order chi connectivity index (χ1) is 13.1. The Morgan fingerprint density at radius 3 is 2.57 bits per heavy atom. The monoisotopic (exact) mass is 379 g/mol. The summed E-state index contributed by atoms with van der Waals surface area (Å²) in [6, 6.07) is 9.89. The van der Waals surface area contributed by atoms with Crippen molar-refractivity contribution >= 4 is 33.7 Å². The van der Waals surface area contributed by atoms with Crippen molar-refractivity contribution in [1.29, 1.82) is 0 Å². The van der Waals surface area contributed by atoms with E-state index in [9.17, 15) is 5.11 Å². The first kappa shape index (κ1) is 18.6. The van der Waals surface area contributed by atoms with Crippen LogP contribution in [0.1, 0.15) is 19.4 Å². The Bertz CT molecular complexity index is 1170. The number of anilines is 1. The number of para-hydroxylation sites is 2. The lowest BCUT2D eigenvalue weighted by Crippen LogP contribution is -2.38. The summed E-state index contributed by atoms with van der Waals surface area (Å²) in [4.78, 5) is 14.0. The molecule has 146 valence electrons. The summed E-state index contributed by atoms with van der Waals surface area (Å²) >= 11 is 0. The van der Waals surface area contributed by atoms with E-state index in [-0.39, 0.29) is 0 Å². The molecule has 0 unspecified atom stereocenters. The van der Waals surface area contributed by atoms with E-state index < -0.39 is 5.60 Å². The number of fused-ring (bicyclic) bond motifs is 5. The number of hydrogen-bond donors (Lipinski definition) is 2. The molecular weight excluding hydrogens is 352 g/mol. The molecule has 0 saturated carbocycles. The van der Waals surface area contributed by atoms with E-state index >= 15 is 0 Å². The fourth-order valence-electron chi connectivity index (χ4n) is 3.34. The molecule has 28 heavy (non-hydrogen) atoms. The van der Waals surface area contributed by atoms with Crippen LogP contribution in [0.15, 0.2) is 36.5 Å². The summed E-state index contributed by atoms with van der Waals surface area (Å²) in [5.41, 5.74) is 3.06. The molecule has 0 atom stereocenters. The molecule has 3 heterocycles. The number of quaternary nitrogens is 1. The maximum atomic E-state index is 10.7. The summed E-state index contributed by atoms with van der Waals surface area (Å²) in [6.45, 7) is 5.29. The molecule has 0 radical (unpaired) electrons. The summed E-state index contributed by atoms with van der Waals surface area (Å²) in [7, 11) is 6.47. The predicted molar refractivity (Wildman–Crippen MR) is 112 cm³/mol. The van der Waals surface area contributed by atoms with E-state index in [1.165, 1.54) is 0 Å². The Morgan fingerprint density at radius 1 is 1.11 bits per heavy atom. The van der Waals surface area contributed by atoms with E-state index in [1.807, 2.05) is 34.7 Å². The minimum Gasteiger partial charge on any atom is -0.386 e. The van der Waals surface area contributed by atoms with Gasteiger partial charge in [0.1, 0.15) is 5.65 Å². The van der Waals surface area contributed by atoms with Crippen LogP contribution in [0.25, 0.3) is 27.7 Å². The highest BCUT2D eigenvalue weighted by Gasteiger charge is 2.24. The molecule has 0 aliphatic carbocycles. The lowest BCUT2D eigenvalue weighted by Gasteiger charge is -2.23. The zero-order valence-electron chi connectivity index (χ0n) is 17.1. The third kappa shape index (κ3) is 3.39. The van der Waals surface area contributed by atoms with Crippen molar-refractivity contribution in [3.8, 4) is 0 Å². The number of nitrogens with one attached hydrogen (secondary N) is 1. The second-order valence-corrected chi connectivity index (χ2v) is 8.79. The second kappa shape index (κ2) is 6.39. The molecule has 0 amide bonds. The Hall–Kier alpha value is -2.77. The average Bonchev–Trinajstić information content (AvgIpc) is 2.98. The summed E-state index contributed by atoms with van der Waals surface area (Å²) in [5.74, 6) is 0.594. The molecule has 3 aromatic heterocycles. The largest absolute Gasteiger partial charge is 0.386 e. The Kier molecular flexibility index (Phi) is 4.24. The van der Waals surface area contributed by atoms with E-state index in [1.54, 1.807) is 20.0 Å². The van der Waals surface area contributed by atoms with Crippen molar-refractivity contribution in [2.75, 3.05) is 39.5 Å². The number of benzene rings is 1. The lowest BCUT2D eigenvalue weighted by molar-refractivity contribution is -0.868. The maximum Gasteiger partial charge on any atom is 0.224 e. The van der Waals surface area contributed by atoms with Gasteiger partial charge in [0, 0.05) is 17.1 Å². The SMILES string of the molecule is CC(C)(O)c1cc2cnc(NCC[N+](C)(C)C)nc2n2c1nc1ccccc12. The molecule has 2 N–H and O–H groups in total. The first-order valence-electron chi connectivity index (χ1n) is 9.48. The number of rotatable bonds is 5. The second-order valence-electron chi connectivity index (χ2n) is 8.79. The highest BCUT2D eigenvalue weighted by molar-refractivity contribution is 5.90. The van der Waals surface area contributed by atoms with Crippen LogP contribution in [0.5, 0.6) is 0 Å². The quantitative estimate of drug-likeness (QED) is 0.522. The molecule has 7 heteroatoms. The molecule has 0 saturated heterocycles. The summed E-state index contributed by atoms with van der Waals surface area (Å²) in [5, 5.41) is 14.9. The van der Waals surface area contributed by atoms with Crippen molar-refractivity contribution in [1.82, 2.24) is 19.4 Å². The van der Waals surface area contributed by atoms with Gasteiger partial charge in [-0.1, -0.05) is 12.1 Å². The molecule has 0 aliphatic rings. The van der Waals surface area contributed by atoms with Gasteiger partial charge < -0.3 is 14.9 Å². The molecule has 4 rings (SSSR count). The lowest BCUT2D eigenvalue weighted by atomic mass is 9.99. The normalized spacial score (nSPS) is 12.9. The average molecular weight is 379 g/mol. The Balaban J connectivity index is 1.92. The third-order valence-corrected chi connectivity index (χ3v) is 4.83. The van der Waals surface area contributed by atoms with E-state index in [0.29, 0.717) is 5.95 Å². The van der Waals surface area contributed by atoms with Gasteiger partial charge >= 0.3 is 0 Å². The van der Waals surface area contributed by atoms with Crippen molar-refractivity contribution in [2.24, 2.45) is 0 Å². The van der Waals surface area contributed by atoms with E-state index in [0.717, 1.165) is 50.8 Å². The number of pyridine rings is 1. The van der Waals surface area contributed by atoms with Gasteiger partial charge in [-0.05, 0) is 32.0 Å². The Labute approximate surface area is 164 Å². The van der Waals surface area contributed by atoms with Crippen LogP contribution in [0.2, 0.25) is 0 Å². The van der Waals surface area contributed by atoms with Gasteiger partial charge in [-0.2, -0.15) is 4.98 Å². The maximum absolute atomic E-state index is 10.7. The van der Waals surface area contributed by atoms with Crippen LogP contribution < -0.4 is 5.32 Å². The number of imidazole rings is 1. The van der Waals surface area contributed by atoms with Gasteiger partial charge in [0.05, 0.1) is 50.9 Å². The molecule has 4 aromatic rings. The minimum absolute atomic E-state index is 0.594. The molecule has 0 bridgehead atoms. The number of hydrogen-bond acceptors (Lipinski definition) is 5. The smallest absolute Gasteiger partial charge is 0.224 e. The fraction of sp³-hybridized carbons (Fsp3) is 0.381. The van der Waals surface area contributed by atoms with Gasteiger partial charge in [0.2, 0.25) is 5.95 Å². The number of nitrogens with zero attached hydrogens (tertiary/aromatic N) is 5. The van der Waals surface area contributed by atoms with Crippen LogP contribution in [0.3, 0.4) is 0 Å². The van der Waals surface area contributed by atoms with Crippen molar-refractivity contribution in [3.63, 3.8) is 0 Å². The topological polar surface area (TPSA) is 75.3 Å². The number of likely N-dealkylation sites (N-methyl/N-ethyl adjacent to an activating group) is 1. The molecule has 7 nitrogen and oxygen atoms in total. The number of aliphatic hydroxyl groups is 1. The molecule has 0 spiro atoms. The van der Waals surface area contributed by atoms with Crippen LogP contribution >= 0.6 is 0 Å². The van der Waals surface area contributed by atoms with Crippen LogP contribution in [-0.2, 0) is 5.60 Å². The summed E-state index contributed by atoms with van der Waals surface area (Å²) < 4.78 is 2.89. The van der Waals surface area contributed by atoms with Gasteiger partial charge in [-0.25, -0.2) is 9.97 Å². The number of aromatic nitrogens is 4. The Morgan fingerprint density at radius 2 is 1.86 bits per heavy atom. The van der Waals surface area contributed by atoms with E-state index in [4.69, 9.17) is 9.97 Å².